The van der Waals surface area contributed by atoms with Crippen molar-refractivity contribution >= 4 is 16.8 Å². The van der Waals surface area contributed by atoms with E-state index in [2.05, 4.69) is 10.3 Å². The number of carbonyl (C=O) groups is 1. The topological polar surface area (TPSA) is 62.2 Å². The predicted molar refractivity (Wildman–Crippen MR) is 90.2 cm³/mol. The van der Waals surface area contributed by atoms with Crippen LogP contribution in [0.15, 0.2) is 54.7 Å². The summed E-state index contributed by atoms with van der Waals surface area (Å²) >= 11 is 0. The van der Waals surface area contributed by atoms with Crippen LogP contribution in [0, 0.1) is 6.92 Å². The van der Waals surface area contributed by atoms with Crippen LogP contribution in [0.3, 0.4) is 0 Å². The molecule has 0 bridgehead atoms. The molecule has 1 atom stereocenters. The Hall–Kier alpha value is -2.88. The number of nitrogens with one attached hydrogen (secondary N) is 1. The number of aryl methyl sites for hydroxylation is 1. The van der Waals surface area contributed by atoms with Crippen molar-refractivity contribution in [2.45, 2.75) is 19.9 Å². The van der Waals surface area contributed by atoms with Crippen LogP contribution < -0.4 is 5.32 Å². The van der Waals surface area contributed by atoms with Gasteiger partial charge in [-0.2, -0.15) is 0 Å². The van der Waals surface area contributed by atoms with Gasteiger partial charge in [0, 0.05) is 24.1 Å². The van der Waals surface area contributed by atoms with E-state index in [1.54, 1.807) is 6.20 Å². The fourth-order valence-electron chi connectivity index (χ4n) is 2.82. The van der Waals surface area contributed by atoms with Gasteiger partial charge in [0.2, 0.25) is 5.91 Å². The van der Waals surface area contributed by atoms with Crippen LogP contribution in [0.4, 0.5) is 0 Å². The molecule has 2 N–H and O–H groups in total. The van der Waals surface area contributed by atoms with Crippen LogP contribution in [-0.4, -0.2) is 16.0 Å². The number of phenolic OH excluding ortho intramolecular Hbond substituents is 1. The van der Waals surface area contributed by atoms with E-state index in [4.69, 9.17) is 0 Å². The van der Waals surface area contributed by atoms with Gasteiger partial charge in [0.05, 0.1) is 6.04 Å². The van der Waals surface area contributed by atoms with Crippen LogP contribution in [0.5, 0.6) is 5.75 Å². The summed E-state index contributed by atoms with van der Waals surface area (Å²) < 4.78 is 0. The normalized spacial score (nSPS) is 12.1. The monoisotopic (exact) mass is 306 g/mol. The zero-order chi connectivity index (χ0) is 16.4. The number of nitrogens with zero attached hydrogens (tertiary/aromatic N) is 1. The van der Waals surface area contributed by atoms with E-state index in [0.29, 0.717) is 11.1 Å². The molecule has 0 aliphatic carbocycles. The van der Waals surface area contributed by atoms with Crippen LogP contribution in [0.2, 0.25) is 0 Å². The number of carbonyl (C=O) groups excluding carboxylic acids is 1. The van der Waals surface area contributed by atoms with E-state index < -0.39 is 6.04 Å². The molecule has 1 aromatic heterocycles. The molecule has 0 aliphatic heterocycles. The Morgan fingerprint density at radius 1 is 1.09 bits per heavy atom. The van der Waals surface area contributed by atoms with Crippen molar-refractivity contribution < 1.29 is 9.90 Å². The largest absolute Gasteiger partial charge is 0.505 e. The summed E-state index contributed by atoms with van der Waals surface area (Å²) in [5, 5.41) is 14.5. The molecule has 0 saturated heterocycles. The van der Waals surface area contributed by atoms with Crippen LogP contribution >= 0.6 is 0 Å². The lowest BCUT2D eigenvalue weighted by Gasteiger charge is -2.22. The Morgan fingerprint density at radius 2 is 1.87 bits per heavy atom. The first-order valence-electron chi connectivity index (χ1n) is 7.47. The van der Waals surface area contributed by atoms with E-state index in [0.717, 1.165) is 16.5 Å². The number of aromatic hydroxyl groups is 1. The number of phenols is 1. The smallest absolute Gasteiger partial charge is 0.217 e. The number of benzene rings is 2. The lowest BCUT2D eigenvalue weighted by molar-refractivity contribution is -0.119. The number of fused-ring (bicyclic) bond motifs is 1. The molecule has 0 spiro atoms. The molecule has 3 aromatic rings. The highest BCUT2D eigenvalue weighted by Gasteiger charge is 2.21. The molecule has 3 rings (SSSR count). The predicted octanol–water partition coefficient (Wildman–Crippen LogP) is 3.47. The van der Waals surface area contributed by atoms with Crippen molar-refractivity contribution in [1.82, 2.24) is 10.3 Å². The number of aromatic nitrogens is 1. The van der Waals surface area contributed by atoms with Gasteiger partial charge in [-0.05, 0) is 24.1 Å². The lowest BCUT2D eigenvalue weighted by atomic mass is 9.93. The van der Waals surface area contributed by atoms with Crippen molar-refractivity contribution in [2.24, 2.45) is 0 Å². The maximum Gasteiger partial charge on any atom is 0.217 e. The third-order valence-corrected chi connectivity index (χ3v) is 3.94. The van der Waals surface area contributed by atoms with E-state index >= 15 is 0 Å². The number of rotatable bonds is 3. The van der Waals surface area contributed by atoms with Crippen molar-refractivity contribution in [3.8, 4) is 5.75 Å². The summed E-state index contributed by atoms with van der Waals surface area (Å²) in [5.74, 6) is -0.0520. The third kappa shape index (κ3) is 2.88. The zero-order valence-corrected chi connectivity index (χ0v) is 13.1. The second-order valence-electron chi connectivity index (χ2n) is 5.57. The summed E-state index contributed by atoms with van der Waals surface area (Å²) in [6, 6.07) is 14.9. The SMILES string of the molecule is CC(=O)N[C@H](c1ccccc1C)c1ccc2cccnc2c1O. The highest BCUT2D eigenvalue weighted by Crippen LogP contribution is 2.35. The quantitative estimate of drug-likeness (QED) is 0.779. The molecule has 0 unspecified atom stereocenters. The molecule has 116 valence electrons. The maximum atomic E-state index is 11.7. The molecular formula is C19H18N2O2. The van der Waals surface area contributed by atoms with E-state index in [1.807, 2.05) is 55.5 Å². The number of hydrogen-bond acceptors (Lipinski definition) is 3. The fraction of sp³-hybridized carbons (Fsp3) is 0.158. The minimum atomic E-state index is -0.417. The minimum Gasteiger partial charge on any atom is -0.505 e. The van der Waals surface area contributed by atoms with Gasteiger partial charge in [0.1, 0.15) is 11.3 Å². The van der Waals surface area contributed by atoms with E-state index in [-0.39, 0.29) is 11.7 Å². The molecule has 0 fully saturated rings. The van der Waals surface area contributed by atoms with Crippen LogP contribution in [0.25, 0.3) is 10.9 Å². The molecule has 4 heteroatoms. The van der Waals surface area contributed by atoms with Gasteiger partial charge < -0.3 is 10.4 Å². The van der Waals surface area contributed by atoms with Gasteiger partial charge in [-0.15, -0.1) is 0 Å². The highest BCUT2D eigenvalue weighted by molar-refractivity contribution is 5.86. The Morgan fingerprint density at radius 3 is 2.61 bits per heavy atom. The molecule has 4 nitrogen and oxygen atoms in total. The Kier molecular flexibility index (Phi) is 3.98. The Balaban J connectivity index is 2.19. The summed E-state index contributed by atoms with van der Waals surface area (Å²) in [7, 11) is 0. The summed E-state index contributed by atoms with van der Waals surface area (Å²) in [5.41, 5.74) is 3.18. The van der Waals surface area contributed by atoms with E-state index in [1.165, 1.54) is 6.92 Å². The molecule has 0 aliphatic rings. The zero-order valence-electron chi connectivity index (χ0n) is 13.1. The third-order valence-electron chi connectivity index (χ3n) is 3.94. The Labute approximate surface area is 134 Å². The molecule has 0 radical (unpaired) electrons. The molecule has 0 saturated carbocycles. The van der Waals surface area contributed by atoms with Gasteiger partial charge in [-0.25, -0.2) is 0 Å². The van der Waals surface area contributed by atoms with Crippen molar-refractivity contribution in [3.63, 3.8) is 0 Å². The minimum absolute atomic E-state index is 0.102. The van der Waals surface area contributed by atoms with Crippen molar-refractivity contribution in [3.05, 3.63) is 71.4 Å². The van der Waals surface area contributed by atoms with Gasteiger partial charge >= 0.3 is 0 Å². The van der Waals surface area contributed by atoms with Gasteiger partial charge in [0.15, 0.2) is 0 Å². The molecule has 1 heterocycles. The second-order valence-corrected chi connectivity index (χ2v) is 5.57. The van der Waals surface area contributed by atoms with Gasteiger partial charge in [-0.1, -0.05) is 42.5 Å². The molecular weight excluding hydrogens is 288 g/mol. The highest BCUT2D eigenvalue weighted by atomic mass is 16.3. The summed E-state index contributed by atoms with van der Waals surface area (Å²) in [6.45, 7) is 3.46. The van der Waals surface area contributed by atoms with Crippen molar-refractivity contribution in [1.29, 1.82) is 0 Å². The first-order chi connectivity index (χ1) is 11.1. The first kappa shape index (κ1) is 15.0. The Bertz CT molecular complexity index is 874. The fourth-order valence-corrected chi connectivity index (χ4v) is 2.82. The maximum absolute atomic E-state index is 11.7. The van der Waals surface area contributed by atoms with Gasteiger partial charge in [0.25, 0.3) is 0 Å². The number of pyridine rings is 1. The number of hydrogen-bond donors (Lipinski definition) is 2. The molecule has 2 aromatic carbocycles. The average molecular weight is 306 g/mol. The summed E-state index contributed by atoms with van der Waals surface area (Å²) in [4.78, 5) is 15.9. The standard InChI is InChI=1S/C19H18N2O2/c1-12-6-3-4-8-15(12)18(21-13(2)22)16-10-9-14-7-5-11-20-17(14)19(16)23/h3-11,18,23H,1-2H3,(H,21,22)/t18-/m1/s1. The van der Waals surface area contributed by atoms with Crippen LogP contribution in [-0.2, 0) is 4.79 Å². The van der Waals surface area contributed by atoms with Crippen LogP contribution in [0.1, 0.15) is 29.7 Å². The lowest BCUT2D eigenvalue weighted by Crippen LogP contribution is -2.27. The van der Waals surface area contributed by atoms with Gasteiger partial charge in [-0.3, -0.25) is 9.78 Å². The molecule has 23 heavy (non-hydrogen) atoms. The van der Waals surface area contributed by atoms with E-state index in [9.17, 15) is 9.90 Å². The summed E-state index contributed by atoms with van der Waals surface area (Å²) in [6.07, 6.45) is 1.65. The number of amides is 1. The van der Waals surface area contributed by atoms with Crippen molar-refractivity contribution in [2.75, 3.05) is 0 Å². The average Bonchev–Trinajstić information content (AvgIpc) is 2.54. The molecule has 1 amide bonds. The first-order valence-corrected chi connectivity index (χ1v) is 7.47. The second kappa shape index (κ2) is 6.08.